The highest BCUT2D eigenvalue weighted by molar-refractivity contribution is 9.11. The second-order valence-corrected chi connectivity index (χ2v) is 7.50. The number of nitrogens with zero attached hydrogens (tertiary/aromatic N) is 1. The topological polar surface area (TPSA) is 70.9 Å². The zero-order chi connectivity index (χ0) is 19.1. The van der Waals surface area contributed by atoms with Crippen LogP contribution in [0.15, 0.2) is 50.4 Å². The first-order chi connectivity index (χ1) is 12.4. The number of ether oxygens (including phenoxy) is 1. The zero-order valence-electron chi connectivity index (χ0n) is 14.5. The van der Waals surface area contributed by atoms with Crippen molar-refractivity contribution in [1.82, 2.24) is 5.43 Å². The van der Waals surface area contributed by atoms with E-state index in [9.17, 15) is 9.90 Å². The van der Waals surface area contributed by atoms with Gasteiger partial charge >= 0.3 is 0 Å². The predicted octanol–water partition coefficient (Wildman–Crippen LogP) is 4.96. The Morgan fingerprint density at radius 1 is 1.27 bits per heavy atom. The van der Waals surface area contributed by atoms with E-state index in [0.717, 1.165) is 6.42 Å². The Balaban J connectivity index is 1.83. The van der Waals surface area contributed by atoms with Gasteiger partial charge in [0.2, 0.25) is 0 Å². The lowest BCUT2D eigenvalue weighted by atomic mass is 9.99. The maximum Gasteiger partial charge on any atom is 0.277 e. The summed E-state index contributed by atoms with van der Waals surface area (Å²) < 4.78 is 6.52. The second kappa shape index (κ2) is 9.73. The number of halogens is 2. The molecule has 7 heteroatoms. The molecule has 0 aliphatic rings. The number of hydrogen-bond donors (Lipinski definition) is 2. The smallest absolute Gasteiger partial charge is 0.277 e. The summed E-state index contributed by atoms with van der Waals surface area (Å²) in [5.74, 6) is 0.896. The van der Waals surface area contributed by atoms with Gasteiger partial charge in [-0.15, -0.1) is 0 Å². The van der Waals surface area contributed by atoms with Crippen LogP contribution >= 0.6 is 31.9 Å². The van der Waals surface area contributed by atoms with Crippen LogP contribution in [0.1, 0.15) is 37.3 Å². The van der Waals surface area contributed by atoms with Crippen LogP contribution in [0.3, 0.4) is 0 Å². The summed E-state index contributed by atoms with van der Waals surface area (Å²) in [5.41, 5.74) is 4.37. The van der Waals surface area contributed by atoms with Crippen LogP contribution in [-0.2, 0) is 4.79 Å². The van der Waals surface area contributed by atoms with Gasteiger partial charge in [0.25, 0.3) is 5.91 Å². The molecule has 2 aromatic rings. The molecule has 138 valence electrons. The number of amides is 1. The summed E-state index contributed by atoms with van der Waals surface area (Å²) in [7, 11) is 0. The maximum atomic E-state index is 11.8. The summed E-state index contributed by atoms with van der Waals surface area (Å²) in [4.78, 5) is 11.8. The highest BCUT2D eigenvalue weighted by Gasteiger charge is 2.06. The normalized spacial score (nSPS) is 12.2. The summed E-state index contributed by atoms with van der Waals surface area (Å²) in [6, 6.07) is 11.1. The lowest BCUT2D eigenvalue weighted by molar-refractivity contribution is -0.123. The number of phenolic OH excluding ortho intramolecular Hbond substituents is 1. The molecule has 0 aromatic heterocycles. The molecule has 0 spiro atoms. The number of phenols is 1. The third kappa shape index (κ3) is 5.85. The monoisotopic (exact) mass is 482 g/mol. The van der Waals surface area contributed by atoms with Gasteiger partial charge in [-0.2, -0.15) is 5.10 Å². The molecule has 0 bridgehead atoms. The summed E-state index contributed by atoms with van der Waals surface area (Å²) in [6.45, 7) is 4.20. The fourth-order valence-electron chi connectivity index (χ4n) is 2.15. The van der Waals surface area contributed by atoms with Crippen LogP contribution in [0, 0.1) is 0 Å². The SMILES string of the molecule is CCC(C)c1ccc(OCC(=O)NN=Cc2cc(Br)c(O)c(Br)c2)cc1. The molecule has 2 rings (SSSR count). The molecular formula is C19H20Br2N2O3. The first kappa shape index (κ1) is 20.5. The molecule has 0 aliphatic heterocycles. The van der Waals surface area contributed by atoms with Crippen molar-refractivity contribution in [3.05, 3.63) is 56.5 Å². The van der Waals surface area contributed by atoms with Crippen LogP contribution < -0.4 is 10.2 Å². The summed E-state index contributed by atoms with van der Waals surface area (Å²) in [5, 5.41) is 13.5. The van der Waals surface area contributed by atoms with Gasteiger partial charge in [-0.05, 0) is 79.6 Å². The Bertz CT molecular complexity index is 769. The number of rotatable bonds is 7. The first-order valence-corrected chi connectivity index (χ1v) is 9.72. The zero-order valence-corrected chi connectivity index (χ0v) is 17.7. The fraction of sp³-hybridized carbons (Fsp3) is 0.263. The standard InChI is InChI=1S/C19H20Br2N2O3/c1-3-12(2)14-4-6-15(7-5-14)26-11-18(24)23-22-10-13-8-16(20)19(25)17(21)9-13/h4-10,12,25H,3,11H2,1-2H3,(H,23,24). The lowest BCUT2D eigenvalue weighted by Gasteiger charge is -2.10. The Labute approximate surface area is 169 Å². The Kier molecular flexibility index (Phi) is 7.66. The quantitative estimate of drug-likeness (QED) is 0.431. The van der Waals surface area contributed by atoms with E-state index in [2.05, 4.69) is 56.2 Å². The van der Waals surface area contributed by atoms with Crippen molar-refractivity contribution in [3.8, 4) is 11.5 Å². The molecule has 2 N–H and O–H groups in total. The number of aromatic hydroxyl groups is 1. The van der Waals surface area contributed by atoms with E-state index in [4.69, 9.17) is 4.74 Å². The van der Waals surface area contributed by atoms with Gasteiger partial charge in [0.15, 0.2) is 6.61 Å². The van der Waals surface area contributed by atoms with Gasteiger partial charge < -0.3 is 9.84 Å². The number of hydrogen-bond acceptors (Lipinski definition) is 4. The van der Waals surface area contributed by atoms with Crippen molar-refractivity contribution in [2.45, 2.75) is 26.2 Å². The van der Waals surface area contributed by atoms with Crippen LogP contribution in [0.5, 0.6) is 11.5 Å². The summed E-state index contributed by atoms with van der Waals surface area (Å²) in [6.07, 6.45) is 2.56. The molecule has 1 atom stereocenters. The van der Waals surface area contributed by atoms with E-state index in [-0.39, 0.29) is 18.3 Å². The minimum atomic E-state index is -0.357. The van der Waals surface area contributed by atoms with Crippen LogP contribution in [0.2, 0.25) is 0 Å². The van der Waals surface area contributed by atoms with Crippen LogP contribution in [0.25, 0.3) is 0 Å². The Morgan fingerprint density at radius 3 is 2.46 bits per heavy atom. The molecule has 5 nitrogen and oxygen atoms in total. The number of carbonyl (C=O) groups excluding carboxylic acids is 1. The lowest BCUT2D eigenvalue weighted by Crippen LogP contribution is -2.24. The molecule has 0 saturated carbocycles. The van der Waals surface area contributed by atoms with Crippen molar-refractivity contribution >= 4 is 44.0 Å². The van der Waals surface area contributed by atoms with Gasteiger partial charge in [0, 0.05) is 0 Å². The van der Waals surface area contributed by atoms with Gasteiger partial charge in [-0.3, -0.25) is 4.79 Å². The van der Waals surface area contributed by atoms with Crippen molar-refractivity contribution in [1.29, 1.82) is 0 Å². The molecule has 0 fully saturated rings. The average Bonchev–Trinajstić information content (AvgIpc) is 2.64. The molecule has 1 amide bonds. The number of nitrogens with one attached hydrogen (secondary N) is 1. The van der Waals surface area contributed by atoms with E-state index in [1.807, 2.05) is 24.3 Å². The van der Waals surface area contributed by atoms with E-state index >= 15 is 0 Å². The van der Waals surface area contributed by atoms with Crippen molar-refractivity contribution in [2.24, 2.45) is 5.10 Å². The first-order valence-electron chi connectivity index (χ1n) is 8.13. The molecule has 26 heavy (non-hydrogen) atoms. The van der Waals surface area contributed by atoms with Gasteiger partial charge in [0.05, 0.1) is 15.2 Å². The minimum absolute atomic E-state index is 0.110. The third-order valence-corrected chi connectivity index (χ3v) is 5.08. The van der Waals surface area contributed by atoms with E-state index in [0.29, 0.717) is 26.2 Å². The van der Waals surface area contributed by atoms with Gasteiger partial charge in [-0.1, -0.05) is 26.0 Å². The maximum absolute atomic E-state index is 11.8. The Hall–Kier alpha value is -1.86. The molecule has 0 heterocycles. The van der Waals surface area contributed by atoms with Crippen molar-refractivity contribution in [2.75, 3.05) is 6.61 Å². The second-order valence-electron chi connectivity index (χ2n) is 5.79. The highest BCUT2D eigenvalue weighted by atomic mass is 79.9. The van der Waals surface area contributed by atoms with E-state index < -0.39 is 0 Å². The minimum Gasteiger partial charge on any atom is -0.506 e. The molecule has 0 aliphatic carbocycles. The Morgan fingerprint density at radius 2 is 1.88 bits per heavy atom. The average molecular weight is 484 g/mol. The number of carbonyl (C=O) groups is 1. The van der Waals surface area contributed by atoms with Crippen molar-refractivity contribution in [3.63, 3.8) is 0 Å². The molecule has 2 aromatic carbocycles. The summed E-state index contributed by atoms with van der Waals surface area (Å²) >= 11 is 6.48. The molecule has 1 unspecified atom stereocenters. The van der Waals surface area contributed by atoms with E-state index in [1.165, 1.54) is 11.8 Å². The van der Waals surface area contributed by atoms with Crippen LogP contribution in [-0.4, -0.2) is 23.8 Å². The number of hydrazone groups is 1. The highest BCUT2D eigenvalue weighted by Crippen LogP contribution is 2.32. The van der Waals surface area contributed by atoms with E-state index in [1.54, 1.807) is 12.1 Å². The van der Waals surface area contributed by atoms with Crippen molar-refractivity contribution < 1.29 is 14.6 Å². The predicted molar refractivity (Wildman–Crippen MR) is 110 cm³/mol. The van der Waals surface area contributed by atoms with Gasteiger partial charge in [0.1, 0.15) is 11.5 Å². The fourth-order valence-corrected chi connectivity index (χ4v) is 3.37. The molecule has 0 radical (unpaired) electrons. The molecule has 0 saturated heterocycles. The third-order valence-electron chi connectivity index (χ3n) is 3.87. The van der Waals surface area contributed by atoms with Gasteiger partial charge in [-0.25, -0.2) is 5.43 Å². The largest absolute Gasteiger partial charge is 0.506 e. The van der Waals surface area contributed by atoms with Crippen LogP contribution in [0.4, 0.5) is 0 Å². The number of benzene rings is 2. The molecular weight excluding hydrogens is 464 g/mol.